The van der Waals surface area contributed by atoms with E-state index in [0.29, 0.717) is 11.3 Å². The van der Waals surface area contributed by atoms with Gasteiger partial charge in [-0.3, -0.25) is 0 Å². The molecule has 0 saturated carbocycles. The molecule has 0 spiro atoms. The number of hydrogen-bond acceptors (Lipinski definition) is 4. The number of hydrogen-bond donors (Lipinski definition) is 0. The van der Waals surface area contributed by atoms with Gasteiger partial charge in [-0.15, -0.1) is 11.8 Å². The quantitative estimate of drug-likeness (QED) is 0.772. The fourth-order valence-corrected chi connectivity index (χ4v) is 2.43. The van der Waals surface area contributed by atoms with Gasteiger partial charge in [0.15, 0.2) is 0 Å². The zero-order valence-corrected chi connectivity index (χ0v) is 10.6. The van der Waals surface area contributed by atoms with Gasteiger partial charge in [-0.25, -0.2) is 0 Å². The second-order valence-electron chi connectivity index (χ2n) is 3.87. The number of rotatable bonds is 3. The van der Waals surface area contributed by atoms with Crippen LogP contribution in [0.3, 0.4) is 0 Å². The first kappa shape index (κ1) is 12.3. The highest BCUT2D eigenvalue weighted by Gasteiger charge is 2.17. The highest BCUT2D eigenvalue weighted by molar-refractivity contribution is 7.98. The first-order valence-electron chi connectivity index (χ1n) is 5.66. The van der Waals surface area contributed by atoms with E-state index < -0.39 is 0 Å². The summed E-state index contributed by atoms with van der Waals surface area (Å²) < 4.78 is 11.2. The van der Waals surface area contributed by atoms with Gasteiger partial charge in [0.25, 0.3) is 0 Å². The van der Waals surface area contributed by atoms with Gasteiger partial charge < -0.3 is 9.47 Å². The maximum absolute atomic E-state index is 9.19. The summed E-state index contributed by atoms with van der Waals surface area (Å²) in [6, 6.07) is 7.97. The van der Waals surface area contributed by atoms with Crippen molar-refractivity contribution in [2.24, 2.45) is 0 Å². The number of benzene rings is 1. The molecular formula is C13H15NO2S. The van der Waals surface area contributed by atoms with E-state index in [1.165, 1.54) is 0 Å². The summed E-state index contributed by atoms with van der Waals surface area (Å²) in [5.41, 5.74) is 0.645. The van der Waals surface area contributed by atoms with Gasteiger partial charge in [0.2, 0.25) is 0 Å². The summed E-state index contributed by atoms with van der Waals surface area (Å²) in [5, 5.41) is 9.19. The molecule has 4 heteroatoms. The Kier molecular flexibility index (Phi) is 4.29. The van der Waals surface area contributed by atoms with E-state index in [2.05, 4.69) is 6.07 Å². The Balaban J connectivity index is 2.17. The van der Waals surface area contributed by atoms with Crippen molar-refractivity contribution in [1.29, 1.82) is 5.26 Å². The third-order valence-corrected chi connectivity index (χ3v) is 3.56. The summed E-state index contributed by atoms with van der Waals surface area (Å²) in [6.45, 7) is 1.49. The number of thioether (sulfide) groups is 1. The molecule has 3 nitrogen and oxygen atoms in total. The lowest BCUT2D eigenvalue weighted by molar-refractivity contribution is 0.0253. The molecule has 17 heavy (non-hydrogen) atoms. The Morgan fingerprint density at radius 3 is 2.82 bits per heavy atom. The summed E-state index contributed by atoms with van der Waals surface area (Å²) in [6.07, 6.45) is 3.94. The van der Waals surface area contributed by atoms with Crippen molar-refractivity contribution in [3.63, 3.8) is 0 Å². The predicted octanol–water partition coefficient (Wildman–Crippen LogP) is 2.84. The number of nitrogens with zero attached hydrogens (tertiary/aromatic N) is 1. The fraction of sp³-hybridized carbons (Fsp3) is 0.462. The molecular weight excluding hydrogens is 234 g/mol. The van der Waals surface area contributed by atoms with Crippen molar-refractivity contribution in [2.45, 2.75) is 23.8 Å². The lowest BCUT2D eigenvalue weighted by Crippen LogP contribution is -2.26. The van der Waals surface area contributed by atoms with Crippen LogP contribution in [-0.4, -0.2) is 25.6 Å². The number of nitriles is 1. The van der Waals surface area contributed by atoms with E-state index in [1.807, 2.05) is 24.5 Å². The van der Waals surface area contributed by atoms with Crippen molar-refractivity contribution >= 4 is 11.8 Å². The van der Waals surface area contributed by atoms with Crippen LogP contribution in [0.25, 0.3) is 0 Å². The van der Waals surface area contributed by atoms with Gasteiger partial charge in [-0.05, 0) is 18.4 Å². The third kappa shape index (κ3) is 2.93. The van der Waals surface area contributed by atoms with Crippen LogP contribution in [-0.2, 0) is 4.74 Å². The minimum atomic E-state index is 0.174. The van der Waals surface area contributed by atoms with Gasteiger partial charge in [0.1, 0.15) is 23.5 Å². The smallest absolute Gasteiger partial charge is 0.138 e. The zero-order valence-electron chi connectivity index (χ0n) is 9.81. The molecule has 0 atom stereocenters. The van der Waals surface area contributed by atoms with E-state index in [0.717, 1.165) is 31.0 Å². The van der Waals surface area contributed by atoms with Gasteiger partial charge in [-0.1, -0.05) is 6.07 Å². The minimum absolute atomic E-state index is 0.174. The van der Waals surface area contributed by atoms with Gasteiger partial charge in [0.05, 0.1) is 13.2 Å². The van der Waals surface area contributed by atoms with Crippen LogP contribution < -0.4 is 4.74 Å². The molecule has 0 radical (unpaired) electrons. The second-order valence-corrected chi connectivity index (χ2v) is 4.72. The standard InChI is InChI=1S/C13H15NO2S/c1-17-13-4-2-3-12(11(13)9-14)16-10-5-7-15-8-6-10/h2-4,10H,5-8H2,1H3. The first-order chi connectivity index (χ1) is 8.35. The van der Waals surface area contributed by atoms with Crippen LogP contribution in [0.2, 0.25) is 0 Å². The van der Waals surface area contributed by atoms with Crippen LogP contribution in [0.5, 0.6) is 5.75 Å². The maximum atomic E-state index is 9.19. The van der Waals surface area contributed by atoms with E-state index in [9.17, 15) is 5.26 Å². The lowest BCUT2D eigenvalue weighted by Gasteiger charge is -2.24. The fourth-order valence-electron chi connectivity index (χ4n) is 1.86. The molecule has 1 fully saturated rings. The van der Waals surface area contributed by atoms with Crippen molar-refractivity contribution in [3.05, 3.63) is 23.8 Å². The molecule has 0 N–H and O–H groups in total. The molecule has 0 bridgehead atoms. The van der Waals surface area contributed by atoms with Gasteiger partial charge >= 0.3 is 0 Å². The summed E-state index contributed by atoms with van der Waals surface area (Å²) in [5.74, 6) is 0.700. The molecule has 1 aliphatic heterocycles. The van der Waals surface area contributed by atoms with Crippen molar-refractivity contribution < 1.29 is 9.47 Å². The highest BCUT2D eigenvalue weighted by Crippen LogP contribution is 2.29. The van der Waals surface area contributed by atoms with E-state index in [4.69, 9.17) is 9.47 Å². The van der Waals surface area contributed by atoms with E-state index >= 15 is 0 Å². The molecule has 2 rings (SSSR count). The van der Waals surface area contributed by atoms with Gasteiger partial charge in [0, 0.05) is 17.7 Å². The molecule has 0 aliphatic carbocycles. The molecule has 0 unspecified atom stereocenters. The van der Waals surface area contributed by atoms with Crippen LogP contribution in [0, 0.1) is 11.3 Å². The lowest BCUT2D eigenvalue weighted by atomic mass is 10.1. The summed E-state index contributed by atoms with van der Waals surface area (Å²) >= 11 is 1.57. The second kappa shape index (κ2) is 5.95. The predicted molar refractivity (Wildman–Crippen MR) is 67.4 cm³/mol. The van der Waals surface area contributed by atoms with Crippen molar-refractivity contribution in [2.75, 3.05) is 19.5 Å². The van der Waals surface area contributed by atoms with Crippen LogP contribution >= 0.6 is 11.8 Å². The molecule has 0 aromatic heterocycles. The average Bonchev–Trinajstić information content (AvgIpc) is 2.39. The Morgan fingerprint density at radius 2 is 2.18 bits per heavy atom. The molecule has 1 aromatic rings. The highest BCUT2D eigenvalue weighted by atomic mass is 32.2. The Morgan fingerprint density at radius 1 is 1.41 bits per heavy atom. The summed E-state index contributed by atoms with van der Waals surface area (Å²) in [7, 11) is 0. The number of ether oxygens (including phenoxy) is 2. The van der Waals surface area contributed by atoms with Crippen LogP contribution in [0.15, 0.2) is 23.1 Å². The monoisotopic (exact) mass is 249 g/mol. The third-order valence-electron chi connectivity index (χ3n) is 2.78. The zero-order chi connectivity index (χ0) is 12.1. The molecule has 1 saturated heterocycles. The normalized spacial score (nSPS) is 16.5. The van der Waals surface area contributed by atoms with Crippen LogP contribution in [0.4, 0.5) is 0 Å². The van der Waals surface area contributed by atoms with Crippen molar-refractivity contribution in [1.82, 2.24) is 0 Å². The molecule has 1 aromatic carbocycles. The average molecular weight is 249 g/mol. The van der Waals surface area contributed by atoms with Gasteiger partial charge in [-0.2, -0.15) is 5.26 Å². The molecule has 0 amide bonds. The maximum Gasteiger partial charge on any atom is 0.138 e. The summed E-state index contributed by atoms with van der Waals surface area (Å²) in [4.78, 5) is 0.969. The molecule has 1 aliphatic rings. The first-order valence-corrected chi connectivity index (χ1v) is 6.89. The molecule has 90 valence electrons. The SMILES string of the molecule is CSc1cccc(OC2CCOCC2)c1C#N. The topological polar surface area (TPSA) is 42.2 Å². The van der Waals surface area contributed by atoms with E-state index in [-0.39, 0.29) is 6.10 Å². The Labute approximate surface area is 106 Å². The largest absolute Gasteiger partial charge is 0.489 e. The Bertz CT molecular complexity index is 422. The van der Waals surface area contributed by atoms with E-state index in [1.54, 1.807) is 11.8 Å². The molecule has 1 heterocycles. The minimum Gasteiger partial charge on any atom is -0.489 e. The Hall–Kier alpha value is -1.18. The van der Waals surface area contributed by atoms with Crippen molar-refractivity contribution in [3.8, 4) is 11.8 Å². The van der Waals surface area contributed by atoms with Crippen LogP contribution in [0.1, 0.15) is 18.4 Å².